The second kappa shape index (κ2) is 6.04. The summed E-state index contributed by atoms with van der Waals surface area (Å²) in [6.07, 6.45) is 0. The summed E-state index contributed by atoms with van der Waals surface area (Å²) in [5, 5.41) is 0.0205. The molecule has 116 valence electrons. The van der Waals surface area contributed by atoms with Gasteiger partial charge < -0.3 is 11.5 Å². The van der Waals surface area contributed by atoms with E-state index in [9.17, 15) is 13.2 Å². The number of nitrogen functional groups attached to an aromatic ring is 1. The Bertz CT molecular complexity index is 830. The minimum atomic E-state index is -4.01. The highest BCUT2D eigenvalue weighted by atomic mass is 35.5. The van der Waals surface area contributed by atoms with Crippen molar-refractivity contribution in [3.8, 4) is 0 Å². The number of carbonyl (C=O) groups excluding carboxylic acids is 1. The lowest BCUT2D eigenvalue weighted by atomic mass is 10.2. The molecule has 0 fully saturated rings. The van der Waals surface area contributed by atoms with E-state index < -0.39 is 15.9 Å². The highest BCUT2D eigenvalue weighted by Gasteiger charge is 2.20. The molecule has 0 heterocycles. The third-order valence-electron chi connectivity index (χ3n) is 2.80. The maximum Gasteiger partial charge on any atom is 0.262 e. The van der Waals surface area contributed by atoms with Crippen molar-refractivity contribution in [3.05, 3.63) is 52.0 Å². The zero-order chi connectivity index (χ0) is 16.5. The Morgan fingerprint density at radius 1 is 1.09 bits per heavy atom. The van der Waals surface area contributed by atoms with Crippen LogP contribution in [0.5, 0.6) is 0 Å². The van der Waals surface area contributed by atoms with Crippen molar-refractivity contribution in [1.82, 2.24) is 0 Å². The van der Waals surface area contributed by atoms with E-state index in [4.69, 9.17) is 34.7 Å². The fourth-order valence-electron chi connectivity index (χ4n) is 1.71. The Morgan fingerprint density at radius 2 is 1.64 bits per heavy atom. The normalized spacial score (nSPS) is 11.2. The zero-order valence-corrected chi connectivity index (χ0v) is 13.3. The molecule has 0 bridgehead atoms. The number of amides is 1. The van der Waals surface area contributed by atoms with E-state index in [0.29, 0.717) is 0 Å². The van der Waals surface area contributed by atoms with Gasteiger partial charge in [-0.05, 0) is 24.3 Å². The van der Waals surface area contributed by atoms with Crippen molar-refractivity contribution in [2.45, 2.75) is 4.90 Å². The number of para-hydroxylation sites is 1. The number of anilines is 2. The molecule has 0 aliphatic rings. The van der Waals surface area contributed by atoms with Gasteiger partial charge in [0.1, 0.15) is 0 Å². The van der Waals surface area contributed by atoms with Crippen LogP contribution in [-0.2, 0) is 10.0 Å². The summed E-state index contributed by atoms with van der Waals surface area (Å²) < 4.78 is 27.0. The van der Waals surface area contributed by atoms with Crippen molar-refractivity contribution < 1.29 is 13.2 Å². The predicted molar refractivity (Wildman–Crippen MR) is 86.6 cm³/mol. The maximum absolute atomic E-state index is 12.4. The molecule has 0 saturated heterocycles. The first kappa shape index (κ1) is 16.4. The largest absolute Gasteiger partial charge is 0.396 e. The highest BCUT2D eigenvalue weighted by molar-refractivity contribution is 7.92. The Balaban J connectivity index is 2.47. The molecule has 0 spiro atoms. The number of carbonyl (C=O) groups is 1. The van der Waals surface area contributed by atoms with Crippen LogP contribution in [0.25, 0.3) is 0 Å². The molecule has 0 aliphatic heterocycles. The van der Waals surface area contributed by atoms with Crippen molar-refractivity contribution in [3.63, 3.8) is 0 Å². The van der Waals surface area contributed by atoms with Crippen LogP contribution in [0.3, 0.4) is 0 Å². The molecule has 2 rings (SSSR count). The number of primary amides is 1. The number of benzene rings is 2. The summed E-state index contributed by atoms with van der Waals surface area (Å²) in [6, 6.07) is 8.28. The van der Waals surface area contributed by atoms with E-state index in [1.165, 1.54) is 12.1 Å². The molecule has 0 atom stereocenters. The molecule has 2 aromatic rings. The highest BCUT2D eigenvalue weighted by Crippen LogP contribution is 2.31. The number of nitrogens with two attached hydrogens (primary N) is 2. The van der Waals surface area contributed by atoms with E-state index in [-0.39, 0.29) is 31.9 Å². The summed E-state index contributed by atoms with van der Waals surface area (Å²) in [5.74, 6) is -0.758. The first-order valence-corrected chi connectivity index (χ1v) is 8.12. The zero-order valence-electron chi connectivity index (χ0n) is 11.0. The molecule has 5 N–H and O–H groups in total. The molecule has 9 heteroatoms. The van der Waals surface area contributed by atoms with Crippen LogP contribution in [0.1, 0.15) is 10.4 Å². The van der Waals surface area contributed by atoms with Gasteiger partial charge in [-0.2, -0.15) is 0 Å². The Kier molecular flexibility index (Phi) is 4.50. The van der Waals surface area contributed by atoms with E-state index in [0.717, 1.165) is 12.1 Å². The molecular weight excluding hydrogens is 349 g/mol. The van der Waals surface area contributed by atoms with Crippen LogP contribution in [0.2, 0.25) is 10.0 Å². The minimum Gasteiger partial charge on any atom is -0.396 e. The molecule has 0 radical (unpaired) electrons. The molecule has 0 aromatic heterocycles. The fraction of sp³-hybridized carbons (Fsp3) is 0. The Labute approximate surface area is 137 Å². The first-order chi connectivity index (χ1) is 10.2. The second-order valence-electron chi connectivity index (χ2n) is 4.32. The van der Waals surface area contributed by atoms with Crippen LogP contribution in [0.4, 0.5) is 11.4 Å². The number of halogens is 2. The molecule has 0 aliphatic carbocycles. The first-order valence-electron chi connectivity index (χ1n) is 5.88. The topological polar surface area (TPSA) is 115 Å². The summed E-state index contributed by atoms with van der Waals surface area (Å²) in [7, 11) is -4.01. The van der Waals surface area contributed by atoms with Crippen molar-refractivity contribution in [2.24, 2.45) is 5.73 Å². The quantitative estimate of drug-likeness (QED) is 0.727. The van der Waals surface area contributed by atoms with Gasteiger partial charge in [-0.15, -0.1) is 0 Å². The summed E-state index contributed by atoms with van der Waals surface area (Å²) in [5.41, 5.74) is 11.0. The van der Waals surface area contributed by atoms with Gasteiger partial charge in [0.05, 0.1) is 31.9 Å². The molecule has 0 saturated carbocycles. The average Bonchev–Trinajstić information content (AvgIpc) is 2.44. The number of rotatable bonds is 4. The number of sulfonamides is 1. The van der Waals surface area contributed by atoms with E-state index >= 15 is 0 Å². The van der Waals surface area contributed by atoms with Gasteiger partial charge in [-0.1, -0.05) is 35.3 Å². The maximum atomic E-state index is 12.4. The molecule has 22 heavy (non-hydrogen) atoms. The van der Waals surface area contributed by atoms with E-state index in [1.54, 1.807) is 12.1 Å². The van der Waals surface area contributed by atoms with Gasteiger partial charge in [0, 0.05) is 0 Å². The van der Waals surface area contributed by atoms with Crippen LogP contribution in [0.15, 0.2) is 41.3 Å². The van der Waals surface area contributed by atoms with Gasteiger partial charge in [-0.3, -0.25) is 9.52 Å². The van der Waals surface area contributed by atoms with Crippen LogP contribution >= 0.6 is 23.2 Å². The van der Waals surface area contributed by atoms with E-state index in [1.807, 2.05) is 0 Å². The number of hydrogen-bond donors (Lipinski definition) is 3. The second-order valence-corrected chi connectivity index (χ2v) is 6.81. The van der Waals surface area contributed by atoms with Crippen LogP contribution in [0, 0.1) is 0 Å². The predicted octanol–water partition coefficient (Wildman–Crippen LogP) is 2.48. The minimum absolute atomic E-state index is 0.0102. The smallest absolute Gasteiger partial charge is 0.262 e. The lowest BCUT2D eigenvalue weighted by Gasteiger charge is -2.12. The lowest BCUT2D eigenvalue weighted by Crippen LogP contribution is -2.18. The molecule has 6 nitrogen and oxygen atoms in total. The van der Waals surface area contributed by atoms with Gasteiger partial charge in [0.15, 0.2) is 0 Å². The van der Waals surface area contributed by atoms with Gasteiger partial charge in [0.25, 0.3) is 15.9 Å². The van der Waals surface area contributed by atoms with Crippen molar-refractivity contribution in [2.75, 3.05) is 10.5 Å². The third-order valence-corrected chi connectivity index (χ3v) is 4.77. The molecule has 0 unspecified atom stereocenters. The van der Waals surface area contributed by atoms with Crippen LogP contribution in [-0.4, -0.2) is 14.3 Å². The average molecular weight is 360 g/mol. The summed E-state index contributed by atoms with van der Waals surface area (Å²) in [4.78, 5) is 11.1. The summed E-state index contributed by atoms with van der Waals surface area (Å²) in [6.45, 7) is 0. The fourth-order valence-corrected chi connectivity index (χ4v) is 3.45. The van der Waals surface area contributed by atoms with E-state index in [2.05, 4.69) is 4.72 Å². The summed E-state index contributed by atoms with van der Waals surface area (Å²) >= 11 is 11.7. The third kappa shape index (κ3) is 3.27. The SMILES string of the molecule is NC(=O)c1ccccc1NS(=O)(=O)c1cc(Cl)c(N)c(Cl)c1. The van der Waals surface area contributed by atoms with Gasteiger partial charge >= 0.3 is 0 Å². The Morgan fingerprint density at radius 3 is 2.18 bits per heavy atom. The molecule has 2 aromatic carbocycles. The van der Waals surface area contributed by atoms with Crippen molar-refractivity contribution in [1.29, 1.82) is 0 Å². The Hall–Kier alpha value is -1.96. The number of nitrogens with one attached hydrogen (secondary N) is 1. The van der Waals surface area contributed by atoms with Gasteiger partial charge in [-0.25, -0.2) is 8.42 Å². The number of hydrogen-bond acceptors (Lipinski definition) is 4. The lowest BCUT2D eigenvalue weighted by molar-refractivity contribution is 0.100. The van der Waals surface area contributed by atoms with Crippen LogP contribution < -0.4 is 16.2 Å². The van der Waals surface area contributed by atoms with Gasteiger partial charge in [0.2, 0.25) is 0 Å². The standard InChI is InChI=1S/C13H11Cl2N3O3S/c14-9-5-7(6-10(15)12(9)16)22(20,21)18-11-4-2-1-3-8(11)13(17)19/h1-6,18H,16H2,(H2,17,19). The monoisotopic (exact) mass is 359 g/mol. The van der Waals surface area contributed by atoms with Crippen molar-refractivity contribution >= 4 is 50.5 Å². The molecular formula is C13H11Cl2N3O3S. The molecule has 1 amide bonds.